The summed E-state index contributed by atoms with van der Waals surface area (Å²) in [6, 6.07) is 15.0. The smallest absolute Gasteiger partial charge is 0.260 e. The van der Waals surface area contributed by atoms with E-state index >= 15 is 0 Å². The summed E-state index contributed by atoms with van der Waals surface area (Å²) in [5, 5.41) is 16.2. The van der Waals surface area contributed by atoms with E-state index in [1.54, 1.807) is 13.0 Å². The van der Waals surface area contributed by atoms with Gasteiger partial charge in [0.25, 0.3) is 5.69 Å². The average Bonchev–Trinajstić information content (AvgIpc) is 2.77. The Balaban J connectivity index is 2.14. The van der Waals surface area contributed by atoms with Crippen LogP contribution in [0.5, 0.6) is 0 Å². The summed E-state index contributed by atoms with van der Waals surface area (Å²) < 4.78 is 1.81. The van der Waals surface area contributed by atoms with Gasteiger partial charge < -0.3 is 0 Å². The van der Waals surface area contributed by atoms with E-state index < -0.39 is 0 Å². The lowest BCUT2D eigenvalue weighted by Crippen LogP contribution is -2.01. The molecule has 0 N–H and O–H groups in total. The summed E-state index contributed by atoms with van der Waals surface area (Å²) in [4.78, 5) is 10.7. The van der Waals surface area contributed by atoms with Crippen LogP contribution >= 0.6 is 0 Å². The molecule has 3 aromatic rings. The van der Waals surface area contributed by atoms with E-state index in [0.29, 0.717) is 17.6 Å². The molecule has 0 saturated heterocycles. The number of hydrogen-bond donors (Lipinski definition) is 0. The van der Waals surface area contributed by atoms with Crippen molar-refractivity contribution in [2.45, 2.75) is 13.5 Å². The number of hydrogen-bond acceptors (Lipinski definition) is 3. The monoisotopic (exact) mass is 267 g/mol. The molecule has 0 saturated carbocycles. The number of benzene rings is 2. The van der Waals surface area contributed by atoms with Gasteiger partial charge in [-0.15, -0.1) is 0 Å². The molecule has 100 valence electrons. The third-order valence-electron chi connectivity index (χ3n) is 3.30. The molecule has 0 amide bonds. The van der Waals surface area contributed by atoms with Crippen LogP contribution in [0.25, 0.3) is 10.9 Å². The average molecular weight is 267 g/mol. The number of aryl methyl sites for hydroxylation is 1. The molecule has 5 heteroatoms. The van der Waals surface area contributed by atoms with Gasteiger partial charge in [0.1, 0.15) is 5.39 Å². The molecule has 0 atom stereocenters. The van der Waals surface area contributed by atoms with Crippen molar-refractivity contribution in [2.75, 3.05) is 0 Å². The highest BCUT2D eigenvalue weighted by atomic mass is 16.6. The zero-order chi connectivity index (χ0) is 14.1. The lowest BCUT2D eigenvalue weighted by molar-refractivity contribution is -0.383. The summed E-state index contributed by atoms with van der Waals surface area (Å²) >= 11 is 0. The quantitative estimate of drug-likeness (QED) is 0.540. The molecule has 0 spiro atoms. The van der Waals surface area contributed by atoms with Crippen LogP contribution in [0.4, 0.5) is 5.69 Å². The molecule has 0 aliphatic heterocycles. The third kappa shape index (κ3) is 2.03. The minimum absolute atomic E-state index is 0.110. The Hall–Kier alpha value is -2.69. The first-order valence-electron chi connectivity index (χ1n) is 6.31. The molecule has 1 aromatic heterocycles. The topological polar surface area (TPSA) is 61.0 Å². The van der Waals surface area contributed by atoms with Gasteiger partial charge in [0.2, 0.25) is 0 Å². The number of nitro benzene ring substituents is 1. The van der Waals surface area contributed by atoms with E-state index in [2.05, 4.69) is 5.10 Å². The van der Waals surface area contributed by atoms with Gasteiger partial charge in [-0.2, -0.15) is 5.10 Å². The molecule has 0 radical (unpaired) electrons. The van der Waals surface area contributed by atoms with Crippen molar-refractivity contribution in [2.24, 2.45) is 0 Å². The van der Waals surface area contributed by atoms with Crippen LogP contribution in [-0.2, 0) is 6.54 Å². The van der Waals surface area contributed by atoms with Crippen LogP contribution in [0.3, 0.4) is 0 Å². The van der Waals surface area contributed by atoms with Crippen molar-refractivity contribution in [3.8, 4) is 0 Å². The molecule has 0 aliphatic rings. The molecular formula is C15H13N3O2. The van der Waals surface area contributed by atoms with Gasteiger partial charge in [0.15, 0.2) is 0 Å². The van der Waals surface area contributed by atoms with E-state index in [-0.39, 0.29) is 10.6 Å². The second-order valence-electron chi connectivity index (χ2n) is 4.66. The Morgan fingerprint density at radius 3 is 2.60 bits per heavy atom. The number of non-ortho nitro benzene ring substituents is 1. The maximum absolute atomic E-state index is 11.1. The van der Waals surface area contributed by atoms with Crippen LogP contribution in [0, 0.1) is 17.0 Å². The molecule has 5 nitrogen and oxygen atoms in total. The Bertz CT molecular complexity index is 778. The van der Waals surface area contributed by atoms with Crippen LogP contribution in [0.1, 0.15) is 11.3 Å². The summed E-state index contributed by atoms with van der Waals surface area (Å²) in [5.41, 5.74) is 2.70. The van der Waals surface area contributed by atoms with Gasteiger partial charge in [-0.25, -0.2) is 0 Å². The summed E-state index contributed by atoms with van der Waals surface area (Å²) in [6.45, 7) is 2.41. The van der Waals surface area contributed by atoms with Gasteiger partial charge in [0, 0.05) is 6.07 Å². The SMILES string of the molecule is Cc1nn(Cc2ccccc2)c2cccc([N+](=O)[O-])c12. The minimum Gasteiger partial charge on any atom is -0.260 e. The first kappa shape index (κ1) is 12.3. The van der Waals surface area contributed by atoms with Crippen LogP contribution in [-0.4, -0.2) is 14.7 Å². The zero-order valence-corrected chi connectivity index (χ0v) is 11.0. The van der Waals surface area contributed by atoms with Gasteiger partial charge in [-0.05, 0) is 18.6 Å². The van der Waals surface area contributed by atoms with Crippen molar-refractivity contribution < 1.29 is 4.92 Å². The Morgan fingerprint density at radius 1 is 1.15 bits per heavy atom. The first-order valence-corrected chi connectivity index (χ1v) is 6.31. The molecule has 20 heavy (non-hydrogen) atoms. The highest BCUT2D eigenvalue weighted by Gasteiger charge is 2.18. The first-order chi connectivity index (χ1) is 9.66. The highest BCUT2D eigenvalue weighted by Crippen LogP contribution is 2.28. The van der Waals surface area contributed by atoms with Gasteiger partial charge in [0.05, 0.1) is 22.7 Å². The largest absolute Gasteiger partial charge is 0.280 e. The lowest BCUT2D eigenvalue weighted by Gasteiger charge is -2.03. The maximum atomic E-state index is 11.1. The van der Waals surface area contributed by atoms with E-state index in [1.807, 2.05) is 41.1 Å². The molecule has 0 fully saturated rings. The highest BCUT2D eigenvalue weighted by molar-refractivity contribution is 5.90. The maximum Gasteiger partial charge on any atom is 0.280 e. The fourth-order valence-corrected chi connectivity index (χ4v) is 2.43. The minimum atomic E-state index is -0.357. The van der Waals surface area contributed by atoms with Crippen molar-refractivity contribution in [1.29, 1.82) is 0 Å². The zero-order valence-electron chi connectivity index (χ0n) is 11.0. The van der Waals surface area contributed by atoms with E-state index in [0.717, 1.165) is 11.1 Å². The van der Waals surface area contributed by atoms with Crippen molar-refractivity contribution in [3.05, 3.63) is 69.9 Å². The number of nitro groups is 1. The van der Waals surface area contributed by atoms with Crippen molar-refractivity contribution in [1.82, 2.24) is 9.78 Å². The van der Waals surface area contributed by atoms with E-state index in [4.69, 9.17) is 0 Å². The lowest BCUT2D eigenvalue weighted by atomic mass is 10.1. The van der Waals surface area contributed by atoms with Crippen LogP contribution in [0.2, 0.25) is 0 Å². The fourth-order valence-electron chi connectivity index (χ4n) is 2.43. The molecule has 0 aliphatic carbocycles. The van der Waals surface area contributed by atoms with E-state index in [9.17, 15) is 10.1 Å². The van der Waals surface area contributed by atoms with Crippen molar-refractivity contribution >= 4 is 16.6 Å². The van der Waals surface area contributed by atoms with Gasteiger partial charge in [-0.1, -0.05) is 36.4 Å². The predicted molar refractivity (Wildman–Crippen MR) is 76.7 cm³/mol. The molecule has 2 aromatic carbocycles. The molecule has 0 bridgehead atoms. The summed E-state index contributed by atoms with van der Waals surface area (Å²) in [5.74, 6) is 0. The standard InChI is InChI=1S/C15H13N3O2/c1-11-15-13(8-5-9-14(15)18(19)20)17(16-11)10-12-6-3-2-4-7-12/h2-9H,10H2,1H3. The second kappa shape index (κ2) is 4.77. The second-order valence-corrected chi connectivity index (χ2v) is 4.66. The fraction of sp³-hybridized carbons (Fsp3) is 0.133. The number of aromatic nitrogens is 2. The Labute approximate surface area is 115 Å². The number of nitrogens with zero attached hydrogens (tertiary/aromatic N) is 3. The molecule has 3 rings (SSSR count). The predicted octanol–water partition coefficient (Wildman–Crippen LogP) is 3.30. The Kier molecular flexibility index (Phi) is 2.95. The van der Waals surface area contributed by atoms with Crippen LogP contribution in [0.15, 0.2) is 48.5 Å². The number of fused-ring (bicyclic) bond motifs is 1. The van der Waals surface area contributed by atoms with E-state index in [1.165, 1.54) is 6.07 Å². The summed E-state index contributed by atoms with van der Waals surface area (Å²) in [7, 11) is 0. The molecule has 1 heterocycles. The Morgan fingerprint density at radius 2 is 1.90 bits per heavy atom. The van der Waals surface area contributed by atoms with Crippen molar-refractivity contribution in [3.63, 3.8) is 0 Å². The number of rotatable bonds is 3. The normalized spacial score (nSPS) is 10.8. The van der Waals surface area contributed by atoms with Gasteiger partial charge in [-0.3, -0.25) is 14.8 Å². The van der Waals surface area contributed by atoms with Crippen LogP contribution < -0.4 is 0 Å². The summed E-state index contributed by atoms with van der Waals surface area (Å²) in [6.07, 6.45) is 0. The molecular weight excluding hydrogens is 254 g/mol. The van der Waals surface area contributed by atoms with Gasteiger partial charge >= 0.3 is 0 Å². The molecule has 0 unspecified atom stereocenters. The third-order valence-corrected chi connectivity index (χ3v) is 3.30.